The summed E-state index contributed by atoms with van der Waals surface area (Å²) in [6.07, 6.45) is 3.46. The molecule has 0 bridgehead atoms. The summed E-state index contributed by atoms with van der Waals surface area (Å²) in [4.78, 5) is 21.6. The molecule has 0 spiro atoms. The standard InChI is InChI=1S/C31H33N3O3/c1-2-23-9-6-10-25-27(19-32-31(23)25)26(24-11-12-28-29(17-24)37-21-36-28)18-30(35)34-15-13-33(14-16-34)20-22-7-4-3-5-8-22/h3-12,17,19,26,32H,2,13-16,18,20-21H2,1H3. The number of para-hydroxylation sites is 1. The normalized spacial score (nSPS) is 16.3. The molecule has 190 valence electrons. The Hall–Kier alpha value is -3.77. The van der Waals surface area contributed by atoms with Crippen LogP contribution in [-0.2, 0) is 17.8 Å². The third kappa shape index (κ3) is 4.81. The van der Waals surface area contributed by atoms with Crippen LogP contribution in [0, 0.1) is 0 Å². The Balaban J connectivity index is 1.23. The van der Waals surface area contributed by atoms with Crippen LogP contribution in [0.5, 0.6) is 11.5 Å². The Bertz CT molecular complexity index is 1390. The van der Waals surface area contributed by atoms with E-state index in [0.29, 0.717) is 6.42 Å². The van der Waals surface area contributed by atoms with Crippen LogP contribution in [0.2, 0.25) is 0 Å². The van der Waals surface area contributed by atoms with Crippen LogP contribution in [0.25, 0.3) is 10.9 Å². The highest BCUT2D eigenvalue weighted by atomic mass is 16.7. The lowest BCUT2D eigenvalue weighted by Gasteiger charge is -2.35. The molecule has 0 saturated carbocycles. The van der Waals surface area contributed by atoms with Crippen LogP contribution in [0.1, 0.15) is 41.5 Å². The maximum atomic E-state index is 13.7. The van der Waals surface area contributed by atoms with E-state index in [4.69, 9.17) is 9.47 Å². The van der Waals surface area contributed by atoms with E-state index in [1.807, 2.05) is 23.1 Å². The minimum atomic E-state index is -0.0785. The summed E-state index contributed by atoms with van der Waals surface area (Å²) in [5.41, 5.74) is 5.99. The molecule has 1 N–H and O–H groups in total. The van der Waals surface area contributed by atoms with Gasteiger partial charge in [0.2, 0.25) is 12.7 Å². The first-order valence-corrected chi connectivity index (χ1v) is 13.2. The predicted octanol–water partition coefficient (Wildman–Crippen LogP) is 5.33. The van der Waals surface area contributed by atoms with Crippen molar-refractivity contribution >= 4 is 16.8 Å². The van der Waals surface area contributed by atoms with E-state index >= 15 is 0 Å². The number of amides is 1. The SMILES string of the molecule is CCc1cccc2c(C(CC(=O)N3CCN(Cc4ccccc4)CC3)c3ccc4c(c3)OCO4)c[nH]c12. The molecule has 0 radical (unpaired) electrons. The number of rotatable bonds is 7. The van der Waals surface area contributed by atoms with Crippen LogP contribution in [-0.4, -0.2) is 53.7 Å². The molecule has 1 atom stereocenters. The fourth-order valence-corrected chi connectivity index (χ4v) is 5.66. The van der Waals surface area contributed by atoms with E-state index in [0.717, 1.165) is 67.3 Å². The second-order valence-electron chi connectivity index (χ2n) is 9.95. The Morgan fingerprint density at radius 2 is 1.76 bits per heavy atom. The monoisotopic (exact) mass is 495 g/mol. The van der Waals surface area contributed by atoms with Gasteiger partial charge < -0.3 is 19.4 Å². The fraction of sp³-hybridized carbons (Fsp3) is 0.323. The van der Waals surface area contributed by atoms with Crippen molar-refractivity contribution in [1.82, 2.24) is 14.8 Å². The van der Waals surface area contributed by atoms with Gasteiger partial charge in [-0.05, 0) is 40.8 Å². The number of fused-ring (bicyclic) bond motifs is 2. The number of nitrogens with zero attached hydrogens (tertiary/aromatic N) is 2. The van der Waals surface area contributed by atoms with Crippen molar-refractivity contribution in [2.45, 2.75) is 32.2 Å². The number of piperazine rings is 1. The number of benzene rings is 3. The third-order valence-electron chi connectivity index (χ3n) is 7.74. The largest absolute Gasteiger partial charge is 0.454 e. The van der Waals surface area contributed by atoms with Gasteiger partial charge in [0.05, 0.1) is 0 Å². The molecule has 0 aliphatic carbocycles. The number of carbonyl (C=O) groups is 1. The van der Waals surface area contributed by atoms with Gasteiger partial charge >= 0.3 is 0 Å². The van der Waals surface area contributed by atoms with Gasteiger partial charge in [0.1, 0.15) is 0 Å². The van der Waals surface area contributed by atoms with Crippen molar-refractivity contribution in [3.8, 4) is 11.5 Å². The molecule has 6 rings (SSSR count). The van der Waals surface area contributed by atoms with Gasteiger partial charge in [0, 0.05) is 62.2 Å². The Labute approximate surface area is 217 Å². The van der Waals surface area contributed by atoms with E-state index in [1.54, 1.807) is 0 Å². The van der Waals surface area contributed by atoms with Crippen LogP contribution < -0.4 is 9.47 Å². The zero-order valence-corrected chi connectivity index (χ0v) is 21.3. The predicted molar refractivity (Wildman–Crippen MR) is 145 cm³/mol. The molecule has 1 fully saturated rings. The van der Waals surface area contributed by atoms with E-state index in [9.17, 15) is 4.79 Å². The quantitative estimate of drug-likeness (QED) is 0.377. The first kappa shape index (κ1) is 23.6. The van der Waals surface area contributed by atoms with Gasteiger partial charge in [-0.25, -0.2) is 0 Å². The minimum absolute atomic E-state index is 0.0785. The molecule has 6 heteroatoms. The molecule has 2 aliphatic heterocycles. The lowest BCUT2D eigenvalue weighted by molar-refractivity contribution is -0.133. The molecular formula is C31H33N3O3. The van der Waals surface area contributed by atoms with Crippen molar-refractivity contribution < 1.29 is 14.3 Å². The van der Waals surface area contributed by atoms with Gasteiger partial charge in [-0.2, -0.15) is 0 Å². The van der Waals surface area contributed by atoms with Crippen LogP contribution in [0.3, 0.4) is 0 Å². The Morgan fingerprint density at radius 1 is 0.946 bits per heavy atom. The van der Waals surface area contributed by atoms with Crippen molar-refractivity contribution in [3.05, 3.63) is 95.2 Å². The summed E-state index contributed by atoms with van der Waals surface area (Å²) in [5, 5.41) is 1.18. The summed E-state index contributed by atoms with van der Waals surface area (Å²) in [6.45, 7) is 6.64. The van der Waals surface area contributed by atoms with Crippen LogP contribution in [0.15, 0.2) is 72.9 Å². The Kier molecular flexibility index (Phi) is 6.58. The zero-order valence-electron chi connectivity index (χ0n) is 21.3. The first-order valence-electron chi connectivity index (χ1n) is 13.2. The molecule has 1 saturated heterocycles. The summed E-state index contributed by atoms with van der Waals surface area (Å²) in [7, 11) is 0. The molecule has 37 heavy (non-hydrogen) atoms. The second-order valence-corrected chi connectivity index (χ2v) is 9.95. The van der Waals surface area contributed by atoms with Gasteiger partial charge in [-0.1, -0.05) is 61.5 Å². The number of carbonyl (C=O) groups excluding carboxylic acids is 1. The maximum Gasteiger partial charge on any atom is 0.231 e. The van der Waals surface area contributed by atoms with Gasteiger partial charge in [-0.15, -0.1) is 0 Å². The van der Waals surface area contributed by atoms with Gasteiger partial charge in [-0.3, -0.25) is 9.69 Å². The molecule has 1 unspecified atom stereocenters. The summed E-state index contributed by atoms with van der Waals surface area (Å²) < 4.78 is 11.2. The average Bonchev–Trinajstić information content (AvgIpc) is 3.59. The summed E-state index contributed by atoms with van der Waals surface area (Å²) >= 11 is 0. The van der Waals surface area contributed by atoms with Crippen LogP contribution in [0.4, 0.5) is 0 Å². The van der Waals surface area contributed by atoms with E-state index in [1.165, 1.54) is 16.5 Å². The van der Waals surface area contributed by atoms with E-state index in [-0.39, 0.29) is 18.6 Å². The molecule has 1 amide bonds. The molecule has 4 aromatic rings. The number of aromatic nitrogens is 1. The number of aryl methyl sites for hydroxylation is 1. The molecule has 2 aliphatic rings. The average molecular weight is 496 g/mol. The van der Waals surface area contributed by atoms with Crippen molar-refractivity contribution in [2.75, 3.05) is 33.0 Å². The number of aromatic amines is 1. The molecule has 3 aromatic carbocycles. The van der Waals surface area contributed by atoms with Crippen molar-refractivity contribution in [2.24, 2.45) is 0 Å². The molecule has 3 heterocycles. The van der Waals surface area contributed by atoms with Crippen molar-refractivity contribution in [1.29, 1.82) is 0 Å². The van der Waals surface area contributed by atoms with Gasteiger partial charge in [0.15, 0.2) is 11.5 Å². The summed E-state index contributed by atoms with van der Waals surface area (Å²) in [6, 6.07) is 23.1. The zero-order chi connectivity index (χ0) is 25.2. The van der Waals surface area contributed by atoms with E-state index in [2.05, 4.69) is 71.5 Å². The third-order valence-corrected chi connectivity index (χ3v) is 7.74. The smallest absolute Gasteiger partial charge is 0.231 e. The highest BCUT2D eigenvalue weighted by Crippen LogP contribution is 2.40. The highest BCUT2D eigenvalue weighted by Gasteiger charge is 2.28. The second kappa shape index (κ2) is 10.3. The van der Waals surface area contributed by atoms with E-state index < -0.39 is 0 Å². The topological polar surface area (TPSA) is 57.8 Å². The molecule has 6 nitrogen and oxygen atoms in total. The number of hydrogen-bond acceptors (Lipinski definition) is 4. The maximum absolute atomic E-state index is 13.7. The number of nitrogens with one attached hydrogen (secondary N) is 1. The lowest BCUT2D eigenvalue weighted by Crippen LogP contribution is -2.48. The molecule has 1 aromatic heterocycles. The number of ether oxygens (including phenoxy) is 2. The minimum Gasteiger partial charge on any atom is -0.454 e. The Morgan fingerprint density at radius 3 is 2.57 bits per heavy atom. The van der Waals surface area contributed by atoms with Crippen LogP contribution >= 0.6 is 0 Å². The van der Waals surface area contributed by atoms with Crippen molar-refractivity contribution in [3.63, 3.8) is 0 Å². The number of H-pyrrole nitrogens is 1. The number of hydrogen-bond donors (Lipinski definition) is 1. The highest BCUT2D eigenvalue weighted by molar-refractivity contribution is 5.88. The first-order chi connectivity index (χ1) is 18.2. The fourth-order valence-electron chi connectivity index (χ4n) is 5.66. The van der Waals surface area contributed by atoms with Gasteiger partial charge in [0.25, 0.3) is 0 Å². The summed E-state index contributed by atoms with van der Waals surface area (Å²) in [5.74, 6) is 1.63. The lowest BCUT2D eigenvalue weighted by atomic mass is 9.87. The molecular weight excluding hydrogens is 462 g/mol.